The summed E-state index contributed by atoms with van der Waals surface area (Å²) in [6.07, 6.45) is 5.00. The summed E-state index contributed by atoms with van der Waals surface area (Å²) < 4.78 is 34.3. The van der Waals surface area contributed by atoms with E-state index in [1.165, 1.54) is 29.2 Å². The highest BCUT2D eigenvalue weighted by Gasteiger charge is 2.34. The summed E-state index contributed by atoms with van der Waals surface area (Å²) in [6.45, 7) is 2.98. The largest absolute Gasteiger partial charge is 0.497 e. The molecule has 11 heteroatoms. The van der Waals surface area contributed by atoms with Crippen LogP contribution >= 0.6 is 23.2 Å². The number of carbonyl (C=O) groups is 2. The van der Waals surface area contributed by atoms with Crippen LogP contribution in [0.4, 0.5) is 5.69 Å². The fourth-order valence-electron chi connectivity index (χ4n) is 5.11. The lowest BCUT2D eigenvalue weighted by atomic mass is 9.95. The van der Waals surface area contributed by atoms with E-state index in [4.69, 9.17) is 27.9 Å². The van der Waals surface area contributed by atoms with Gasteiger partial charge in [-0.25, -0.2) is 8.42 Å². The van der Waals surface area contributed by atoms with E-state index >= 15 is 0 Å². The van der Waals surface area contributed by atoms with E-state index in [0.717, 1.165) is 47.5 Å². The Morgan fingerprint density at radius 2 is 1.63 bits per heavy atom. The van der Waals surface area contributed by atoms with Gasteiger partial charge in [0.25, 0.3) is 10.0 Å². The van der Waals surface area contributed by atoms with E-state index < -0.39 is 28.5 Å². The summed E-state index contributed by atoms with van der Waals surface area (Å²) in [6, 6.07) is 17.1. The van der Waals surface area contributed by atoms with Crippen LogP contribution < -0.4 is 14.4 Å². The minimum atomic E-state index is -4.26. The van der Waals surface area contributed by atoms with E-state index in [-0.39, 0.29) is 39.1 Å². The zero-order valence-electron chi connectivity index (χ0n) is 24.6. The highest BCUT2D eigenvalue weighted by atomic mass is 35.5. The third kappa shape index (κ3) is 8.22. The Morgan fingerprint density at radius 3 is 2.26 bits per heavy atom. The third-order valence-corrected chi connectivity index (χ3v) is 10.0. The first-order valence-electron chi connectivity index (χ1n) is 14.3. The van der Waals surface area contributed by atoms with E-state index in [1.54, 1.807) is 56.5 Å². The maximum atomic E-state index is 14.2. The van der Waals surface area contributed by atoms with Gasteiger partial charge in [0.05, 0.1) is 22.7 Å². The molecular formula is C32H37Cl2N3O5S. The highest BCUT2D eigenvalue weighted by Crippen LogP contribution is 2.33. The van der Waals surface area contributed by atoms with Crippen LogP contribution in [0.15, 0.2) is 71.6 Å². The average molecular weight is 647 g/mol. The van der Waals surface area contributed by atoms with Gasteiger partial charge in [-0.3, -0.25) is 13.9 Å². The first-order valence-corrected chi connectivity index (χ1v) is 16.5. The first-order chi connectivity index (χ1) is 20.5. The van der Waals surface area contributed by atoms with Gasteiger partial charge < -0.3 is 15.0 Å². The maximum Gasteiger partial charge on any atom is 0.264 e. The Morgan fingerprint density at radius 1 is 0.977 bits per heavy atom. The molecule has 3 aromatic carbocycles. The number of hydrogen-bond donors (Lipinski definition) is 1. The number of rotatable bonds is 11. The molecule has 4 rings (SSSR count). The molecule has 1 fully saturated rings. The molecule has 0 radical (unpaired) electrons. The van der Waals surface area contributed by atoms with Gasteiger partial charge in [-0.2, -0.15) is 0 Å². The van der Waals surface area contributed by atoms with Gasteiger partial charge in [0.15, 0.2) is 0 Å². The molecule has 0 saturated heterocycles. The number of aryl methyl sites for hydroxylation is 1. The Bertz CT molecular complexity index is 1530. The van der Waals surface area contributed by atoms with Crippen LogP contribution in [0, 0.1) is 6.92 Å². The molecule has 1 atom stereocenters. The molecule has 0 spiro atoms. The van der Waals surface area contributed by atoms with E-state index in [9.17, 15) is 18.0 Å². The first kappa shape index (κ1) is 32.6. The maximum absolute atomic E-state index is 14.2. The van der Waals surface area contributed by atoms with Crippen molar-refractivity contribution in [1.82, 2.24) is 10.2 Å². The molecule has 230 valence electrons. The molecule has 8 nitrogen and oxygen atoms in total. The van der Waals surface area contributed by atoms with E-state index in [0.29, 0.717) is 5.75 Å². The number of nitrogens with zero attached hydrogens (tertiary/aromatic N) is 2. The molecule has 0 bridgehead atoms. The van der Waals surface area contributed by atoms with Crippen molar-refractivity contribution in [3.63, 3.8) is 0 Å². The zero-order valence-corrected chi connectivity index (χ0v) is 26.9. The van der Waals surface area contributed by atoms with E-state index in [1.807, 2.05) is 6.92 Å². The number of nitrogens with one attached hydrogen (secondary N) is 1. The fourth-order valence-corrected chi connectivity index (χ4v) is 6.97. The fraction of sp³-hybridized carbons (Fsp3) is 0.375. The smallest absolute Gasteiger partial charge is 0.264 e. The molecule has 1 saturated carbocycles. The van der Waals surface area contributed by atoms with Crippen molar-refractivity contribution in [3.8, 4) is 5.75 Å². The Kier molecular flexibility index (Phi) is 11.0. The summed E-state index contributed by atoms with van der Waals surface area (Å²) in [5.41, 5.74) is 1.69. The number of benzene rings is 3. The van der Waals surface area contributed by atoms with Crippen molar-refractivity contribution < 1.29 is 22.7 Å². The number of methoxy groups -OCH3 is 1. The molecule has 1 aliphatic carbocycles. The zero-order chi connectivity index (χ0) is 31.1. The number of halogens is 2. The molecule has 1 aliphatic rings. The van der Waals surface area contributed by atoms with Crippen LogP contribution in [0.25, 0.3) is 0 Å². The second kappa shape index (κ2) is 14.5. The second-order valence-corrected chi connectivity index (χ2v) is 13.5. The molecule has 2 amide bonds. The molecular weight excluding hydrogens is 609 g/mol. The number of ether oxygens (including phenoxy) is 1. The third-order valence-electron chi connectivity index (χ3n) is 7.70. The molecule has 3 aromatic rings. The van der Waals surface area contributed by atoms with Crippen LogP contribution in [0.3, 0.4) is 0 Å². The van der Waals surface area contributed by atoms with Gasteiger partial charge in [0, 0.05) is 17.6 Å². The minimum Gasteiger partial charge on any atom is -0.497 e. The summed E-state index contributed by atoms with van der Waals surface area (Å²) in [5, 5.41) is 3.46. The molecule has 1 N–H and O–H groups in total. The number of sulfonamides is 1. The highest BCUT2D eigenvalue weighted by molar-refractivity contribution is 7.92. The van der Waals surface area contributed by atoms with Gasteiger partial charge in [0.2, 0.25) is 11.8 Å². The minimum absolute atomic E-state index is 0.00765. The average Bonchev–Trinajstić information content (AvgIpc) is 3.00. The predicted octanol–water partition coefficient (Wildman–Crippen LogP) is 6.37. The lowest BCUT2D eigenvalue weighted by Crippen LogP contribution is -2.53. The number of hydrogen-bond acceptors (Lipinski definition) is 5. The van der Waals surface area contributed by atoms with Crippen molar-refractivity contribution in [1.29, 1.82) is 0 Å². The lowest BCUT2D eigenvalue weighted by molar-refractivity contribution is -0.139. The van der Waals surface area contributed by atoms with Crippen LogP contribution in [0.2, 0.25) is 10.0 Å². The van der Waals surface area contributed by atoms with Gasteiger partial charge in [-0.1, -0.05) is 72.3 Å². The van der Waals surface area contributed by atoms with Crippen LogP contribution in [0.5, 0.6) is 5.75 Å². The Balaban J connectivity index is 1.70. The Hall–Kier alpha value is -3.27. The van der Waals surface area contributed by atoms with Gasteiger partial charge in [0.1, 0.15) is 18.3 Å². The summed E-state index contributed by atoms with van der Waals surface area (Å²) in [7, 11) is -2.70. The number of carbonyl (C=O) groups excluding carboxylic acids is 2. The monoisotopic (exact) mass is 645 g/mol. The normalized spacial score (nSPS) is 14.5. The number of anilines is 1. The standard InChI is InChI=1S/C32H37Cl2N3O5S/c1-22-9-16-28(17-10-22)43(40,41)37(30-19-25(33)13-18-29(30)34)21-31(38)36(20-24-11-14-27(42-3)15-12-24)23(2)32(39)35-26-7-5-4-6-8-26/h9-19,23,26H,4-8,20-21H2,1-3H3,(H,35,39)/t23-/m0/s1. The van der Waals surface area contributed by atoms with Crippen LogP contribution in [0.1, 0.15) is 50.2 Å². The van der Waals surface area contributed by atoms with Crippen molar-refractivity contribution in [2.75, 3.05) is 18.0 Å². The van der Waals surface area contributed by atoms with Crippen molar-refractivity contribution >= 4 is 50.7 Å². The molecule has 0 aliphatic heterocycles. The van der Waals surface area contributed by atoms with Gasteiger partial charge in [-0.15, -0.1) is 0 Å². The molecule has 0 aromatic heterocycles. The molecule has 0 heterocycles. The Labute approximate surface area is 264 Å². The summed E-state index contributed by atoms with van der Waals surface area (Å²) in [5.74, 6) is -0.216. The van der Waals surface area contributed by atoms with Gasteiger partial charge >= 0.3 is 0 Å². The number of amides is 2. The molecule has 43 heavy (non-hydrogen) atoms. The summed E-state index contributed by atoms with van der Waals surface area (Å²) in [4.78, 5) is 29.0. The lowest BCUT2D eigenvalue weighted by Gasteiger charge is -2.33. The van der Waals surface area contributed by atoms with Crippen molar-refractivity contribution in [2.24, 2.45) is 0 Å². The van der Waals surface area contributed by atoms with E-state index in [2.05, 4.69) is 5.32 Å². The topological polar surface area (TPSA) is 96.0 Å². The second-order valence-electron chi connectivity index (χ2n) is 10.8. The van der Waals surface area contributed by atoms with Gasteiger partial charge in [-0.05, 0) is 74.7 Å². The van der Waals surface area contributed by atoms with Crippen molar-refractivity contribution in [3.05, 3.63) is 87.9 Å². The van der Waals surface area contributed by atoms with Crippen LogP contribution in [-0.2, 0) is 26.2 Å². The summed E-state index contributed by atoms with van der Waals surface area (Å²) >= 11 is 12.7. The van der Waals surface area contributed by atoms with Crippen molar-refractivity contribution in [2.45, 2.75) is 69.5 Å². The predicted molar refractivity (Wildman–Crippen MR) is 170 cm³/mol. The SMILES string of the molecule is COc1ccc(CN(C(=O)CN(c2cc(Cl)ccc2Cl)S(=O)(=O)c2ccc(C)cc2)[C@@H](C)C(=O)NC2CCCCC2)cc1. The van der Waals surface area contributed by atoms with Crippen LogP contribution in [-0.4, -0.2) is 50.9 Å². The quantitative estimate of drug-likeness (QED) is 0.261. The molecule has 0 unspecified atom stereocenters.